The van der Waals surface area contributed by atoms with Gasteiger partial charge >= 0.3 is 0 Å². The third-order valence-electron chi connectivity index (χ3n) is 4.28. The third-order valence-corrected chi connectivity index (χ3v) is 4.98. The summed E-state index contributed by atoms with van der Waals surface area (Å²) in [5, 5.41) is 4.36. The highest BCUT2D eigenvalue weighted by Crippen LogP contribution is 2.34. The van der Waals surface area contributed by atoms with Crippen LogP contribution < -0.4 is 0 Å². The Kier molecular flexibility index (Phi) is 3.97. The summed E-state index contributed by atoms with van der Waals surface area (Å²) in [5.74, 6) is 0.199. The molecule has 3 aromatic rings. The van der Waals surface area contributed by atoms with E-state index in [2.05, 4.69) is 26.7 Å². The Hall–Kier alpha value is -1.98. The first kappa shape index (κ1) is 14.6. The smallest absolute Gasteiger partial charge is 0.226 e. The Balaban J connectivity index is 1.51. The summed E-state index contributed by atoms with van der Waals surface area (Å²) >= 11 is 1.74. The second-order valence-electron chi connectivity index (χ2n) is 5.84. The highest BCUT2D eigenvalue weighted by molar-refractivity contribution is 7.07. The van der Waals surface area contributed by atoms with Crippen LogP contribution in [-0.4, -0.2) is 16.4 Å². The summed E-state index contributed by atoms with van der Waals surface area (Å²) in [7, 11) is 0. The van der Waals surface area contributed by atoms with Gasteiger partial charge in [-0.3, -0.25) is 4.90 Å². The Labute approximate surface area is 138 Å². The zero-order chi connectivity index (χ0) is 15.6. The Bertz CT molecular complexity index is 784. The van der Waals surface area contributed by atoms with Crippen molar-refractivity contribution >= 4 is 11.3 Å². The summed E-state index contributed by atoms with van der Waals surface area (Å²) in [6.45, 7) is 1.84. The molecule has 1 fully saturated rings. The van der Waals surface area contributed by atoms with E-state index in [1.165, 1.54) is 30.5 Å². The number of thiophene rings is 1. The highest BCUT2D eigenvalue weighted by Gasteiger charge is 2.27. The maximum Gasteiger partial charge on any atom is 0.226 e. The molecule has 1 aromatic carbocycles. The van der Waals surface area contributed by atoms with E-state index in [0.717, 1.165) is 18.8 Å². The largest absolute Gasteiger partial charge is 0.444 e. The second-order valence-corrected chi connectivity index (χ2v) is 6.62. The van der Waals surface area contributed by atoms with E-state index in [1.807, 2.05) is 6.07 Å². The van der Waals surface area contributed by atoms with Crippen molar-refractivity contribution < 1.29 is 8.81 Å². The lowest BCUT2D eigenvalue weighted by molar-refractivity contribution is 0.246. The lowest BCUT2D eigenvalue weighted by Gasteiger charge is -2.22. The number of aromatic nitrogens is 1. The van der Waals surface area contributed by atoms with Crippen molar-refractivity contribution in [3.8, 4) is 11.5 Å². The number of oxazole rings is 1. The fraction of sp³-hybridized carbons (Fsp3) is 0.278. The predicted molar refractivity (Wildman–Crippen MR) is 88.6 cm³/mol. The van der Waals surface area contributed by atoms with E-state index in [9.17, 15) is 4.39 Å². The van der Waals surface area contributed by atoms with Crippen LogP contribution >= 0.6 is 11.3 Å². The lowest BCUT2D eigenvalue weighted by Crippen LogP contribution is -2.22. The first-order valence-electron chi connectivity index (χ1n) is 7.76. The van der Waals surface area contributed by atoms with Crippen molar-refractivity contribution in [3.05, 3.63) is 64.4 Å². The molecule has 2 aromatic heterocycles. The van der Waals surface area contributed by atoms with Gasteiger partial charge in [-0.2, -0.15) is 11.3 Å². The summed E-state index contributed by atoms with van der Waals surface area (Å²) < 4.78 is 18.9. The minimum Gasteiger partial charge on any atom is -0.444 e. The first-order chi connectivity index (χ1) is 11.3. The van der Waals surface area contributed by atoms with E-state index in [4.69, 9.17) is 4.42 Å². The Morgan fingerprint density at radius 2 is 2.30 bits per heavy atom. The Morgan fingerprint density at radius 1 is 1.35 bits per heavy atom. The van der Waals surface area contributed by atoms with Crippen LogP contribution in [0.4, 0.5) is 4.39 Å². The maximum absolute atomic E-state index is 13.3. The van der Waals surface area contributed by atoms with E-state index in [-0.39, 0.29) is 5.82 Å². The number of benzene rings is 1. The minimum absolute atomic E-state index is 0.278. The van der Waals surface area contributed by atoms with Gasteiger partial charge in [0.1, 0.15) is 12.1 Å². The molecular weight excluding hydrogens is 311 g/mol. The highest BCUT2D eigenvalue weighted by atomic mass is 32.1. The number of hydrogen-bond donors (Lipinski definition) is 0. The van der Waals surface area contributed by atoms with Gasteiger partial charge in [0, 0.05) is 18.2 Å². The number of halogens is 1. The van der Waals surface area contributed by atoms with Crippen LogP contribution in [0.15, 0.2) is 51.8 Å². The molecule has 1 saturated heterocycles. The van der Waals surface area contributed by atoms with Crippen molar-refractivity contribution in [2.24, 2.45) is 0 Å². The van der Waals surface area contributed by atoms with Gasteiger partial charge in [-0.05, 0) is 60.0 Å². The van der Waals surface area contributed by atoms with E-state index >= 15 is 0 Å². The molecule has 23 heavy (non-hydrogen) atoms. The van der Waals surface area contributed by atoms with Gasteiger partial charge in [0.05, 0.1) is 5.69 Å². The molecule has 1 atom stereocenters. The number of hydrogen-bond acceptors (Lipinski definition) is 4. The van der Waals surface area contributed by atoms with Gasteiger partial charge < -0.3 is 4.42 Å². The molecule has 3 heterocycles. The summed E-state index contributed by atoms with van der Waals surface area (Å²) in [5.41, 5.74) is 2.96. The Morgan fingerprint density at radius 3 is 3.13 bits per heavy atom. The molecule has 5 heteroatoms. The molecule has 0 saturated carbocycles. The van der Waals surface area contributed by atoms with E-state index in [0.29, 0.717) is 17.5 Å². The fourth-order valence-corrected chi connectivity index (χ4v) is 3.91. The van der Waals surface area contributed by atoms with Crippen LogP contribution in [0, 0.1) is 5.82 Å². The average Bonchev–Trinajstić information content (AvgIpc) is 3.29. The summed E-state index contributed by atoms with van der Waals surface area (Å²) in [4.78, 5) is 6.97. The predicted octanol–water partition coefficient (Wildman–Crippen LogP) is 4.88. The van der Waals surface area contributed by atoms with E-state index < -0.39 is 0 Å². The third kappa shape index (κ3) is 3.07. The zero-order valence-corrected chi connectivity index (χ0v) is 13.4. The molecule has 0 amide bonds. The van der Waals surface area contributed by atoms with Crippen LogP contribution in [-0.2, 0) is 6.54 Å². The van der Waals surface area contributed by atoms with Gasteiger partial charge in [-0.1, -0.05) is 6.07 Å². The first-order valence-corrected chi connectivity index (χ1v) is 8.70. The van der Waals surface area contributed by atoms with Gasteiger partial charge in [0.2, 0.25) is 5.89 Å². The second kappa shape index (κ2) is 6.26. The van der Waals surface area contributed by atoms with E-state index in [1.54, 1.807) is 23.7 Å². The van der Waals surface area contributed by atoms with Crippen LogP contribution in [0.1, 0.15) is 30.1 Å². The summed E-state index contributed by atoms with van der Waals surface area (Å²) in [6.07, 6.45) is 4.07. The SMILES string of the molecule is Fc1cccc(-c2nc(CN3CCCC3c3ccsc3)co2)c1. The molecule has 1 unspecified atom stereocenters. The molecule has 0 N–H and O–H groups in total. The maximum atomic E-state index is 13.3. The summed E-state index contributed by atoms with van der Waals surface area (Å²) in [6, 6.07) is 9.01. The van der Waals surface area contributed by atoms with Crippen molar-refractivity contribution in [1.82, 2.24) is 9.88 Å². The van der Waals surface area contributed by atoms with Gasteiger partial charge in [-0.15, -0.1) is 0 Å². The van der Waals surface area contributed by atoms with Crippen molar-refractivity contribution in [1.29, 1.82) is 0 Å². The van der Waals surface area contributed by atoms with Crippen molar-refractivity contribution in [3.63, 3.8) is 0 Å². The van der Waals surface area contributed by atoms with Crippen LogP contribution in [0.25, 0.3) is 11.5 Å². The molecule has 0 spiro atoms. The monoisotopic (exact) mass is 328 g/mol. The lowest BCUT2D eigenvalue weighted by atomic mass is 10.1. The van der Waals surface area contributed by atoms with Gasteiger partial charge in [-0.25, -0.2) is 9.37 Å². The zero-order valence-electron chi connectivity index (χ0n) is 12.6. The molecule has 3 nitrogen and oxygen atoms in total. The average molecular weight is 328 g/mol. The van der Waals surface area contributed by atoms with Crippen molar-refractivity contribution in [2.75, 3.05) is 6.54 Å². The molecule has 4 rings (SSSR count). The standard InChI is InChI=1S/C18H17FN2OS/c19-15-4-1-3-13(9-15)18-20-16(11-22-18)10-21-7-2-5-17(21)14-6-8-23-12-14/h1,3-4,6,8-9,11-12,17H,2,5,7,10H2. The normalized spacial score (nSPS) is 18.6. The number of likely N-dealkylation sites (tertiary alicyclic amines) is 1. The van der Waals surface area contributed by atoms with Crippen molar-refractivity contribution in [2.45, 2.75) is 25.4 Å². The molecule has 0 aliphatic carbocycles. The quantitative estimate of drug-likeness (QED) is 0.683. The van der Waals surface area contributed by atoms with Gasteiger partial charge in [0.15, 0.2) is 0 Å². The molecule has 118 valence electrons. The fourth-order valence-electron chi connectivity index (χ4n) is 3.20. The molecular formula is C18H17FN2OS. The van der Waals surface area contributed by atoms with Crippen LogP contribution in [0.5, 0.6) is 0 Å². The molecule has 1 aliphatic heterocycles. The molecule has 0 radical (unpaired) electrons. The number of rotatable bonds is 4. The topological polar surface area (TPSA) is 29.3 Å². The van der Waals surface area contributed by atoms with Crippen LogP contribution in [0.2, 0.25) is 0 Å². The minimum atomic E-state index is -0.278. The number of nitrogens with zero attached hydrogens (tertiary/aromatic N) is 2. The molecule has 1 aliphatic rings. The molecule has 0 bridgehead atoms. The van der Waals surface area contributed by atoms with Gasteiger partial charge in [0.25, 0.3) is 0 Å². The van der Waals surface area contributed by atoms with Crippen LogP contribution in [0.3, 0.4) is 0 Å².